The van der Waals surface area contributed by atoms with Gasteiger partial charge in [-0.1, -0.05) is 91.2 Å². The van der Waals surface area contributed by atoms with E-state index < -0.39 is 11.9 Å². The minimum Gasteiger partial charge on any atom is -0.461 e. The van der Waals surface area contributed by atoms with Crippen LogP contribution in [0.5, 0.6) is 0 Å². The molecule has 0 unspecified atom stereocenters. The molecule has 1 aromatic carbocycles. The van der Waals surface area contributed by atoms with E-state index in [-0.39, 0.29) is 11.1 Å². The van der Waals surface area contributed by atoms with Crippen LogP contribution >= 0.6 is 0 Å². The molecule has 0 aliphatic carbocycles. The minimum absolute atomic E-state index is 0.272. The number of benzene rings is 1. The zero-order valence-corrected chi connectivity index (χ0v) is 23.6. The van der Waals surface area contributed by atoms with E-state index in [1.807, 2.05) is 0 Å². The number of likely N-dealkylation sites (N-methyl/N-ethyl adjacent to an activating group) is 2. The van der Waals surface area contributed by atoms with Crippen LogP contribution in [-0.2, 0) is 9.47 Å². The van der Waals surface area contributed by atoms with Crippen molar-refractivity contribution in [2.45, 2.75) is 91.9 Å². The van der Waals surface area contributed by atoms with E-state index in [4.69, 9.17) is 9.47 Å². The van der Waals surface area contributed by atoms with Gasteiger partial charge < -0.3 is 19.3 Å². The van der Waals surface area contributed by atoms with E-state index in [1.54, 1.807) is 24.3 Å². The summed E-state index contributed by atoms with van der Waals surface area (Å²) < 4.78 is 11.1. The molecule has 0 bridgehead atoms. The second kappa shape index (κ2) is 21.2. The van der Waals surface area contributed by atoms with Crippen molar-refractivity contribution in [2.75, 3.05) is 52.5 Å². The zero-order chi connectivity index (χ0) is 26.4. The highest BCUT2D eigenvalue weighted by molar-refractivity contribution is 6.03. The molecule has 0 aliphatic rings. The summed E-state index contributed by atoms with van der Waals surface area (Å²) in [7, 11) is 0. The third kappa shape index (κ3) is 14.0. The Hall–Kier alpha value is -1.92. The minimum atomic E-state index is -0.469. The van der Waals surface area contributed by atoms with Crippen LogP contribution < -0.4 is 0 Å². The standard InChI is InChI=1S/C30H52N2O4/c1-5-9-11-13-17-21-31(7-3)23-25-35-29(33)27-19-15-16-20-28(27)30(34)36-26-24-32(8-4)22-18-14-12-10-6-2/h15-16,19-20H,5-14,17-18,21-26H2,1-4H3. The molecule has 0 heterocycles. The first kappa shape index (κ1) is 32.1. The molecular formula is C30H52N2O4. The quantitative estimate of drug-likeness (QED) is 0.131. The van der Waals surface area contributed by atoms with E-state index >= 15 is 0 Å². The Morgan fingerprint density at radius 1 is 0.583 bits per heavy atom. The predicted molar refractivity (Wildman–Crippen MR) is 149 cm³/mol. The molecule has 6 heteroatoms. The van der Waals surface area contributed by atoms with Crippen LogP contribution in [0, 0.1) is 0 Å². The van der Waals surface area contributed by atoms with E-state index in [9.17, 15) is 9.59 Å². The summed E-state index contributed by atoms with van der Waals surface area (Å²) in [5.74, 6) is -0.937. The molecule has 0 atom stereocenters. The molecular weight excluding hydrogens is 452 g/mol. The van der Waals surface area contributed by atoms with Crippen molar-refractivity contribution in [3.8, 4) is 0 Å². The summed E-state index contributed by atoms with van der Waals surface area (Å²) in [6.45, 7) is 14.7. The molecule has 1 aromatic rings. The van der Waals surface area contributed by atoms with Gasteiger partial charge in [-0.05, 0) is 51.2 Å². The van der Waals surface area contributed by atoms with Crippen molar-refractivity contribution in [3.63, 3.8) is 0 Å². The van der Waals surface area contributed by atoms with Crippen LogP contribution in [0.1, 0.15) is 113 Å². The van der Waals surface area contributed by atoms with Gasteiger partial charge in [-0.3, -0.25) is 0 Å². The van der Waals surface area contributed by atoms with Gasteiger partial charge >= 0.3 is 11.9 Å². The largest absolute Gasteiger partial charge is 0.461 e. The normalized spacial score (nSPS) is 11.3. The molecule has 0 fully saturated rings. The zero-order valence-electron chi connectivity index (χ0n) is 23.6. The van der Waals surface area contributed by atoms with Gasteiger partial charge in [0.15, 0.2) is 0 Å². The van der Waals surface area contributed by atoms with Crippen molar-refractivity contribution in [1.82, 2.24) is 9.80 Å². The van der Waals surface area contributed by atoms with Gasteiger partial charge in [0.25, 0.3) is 0 Å². The number of esters is 2. The monoisotopic (exact) mass is 504 g/mol. The number of hydrogen-bond acceptors (Lipinski definition) is 6. The van der Waals surface area contributed by atoms with Crippen LogP contribution in [0.2, 0.25) is 0 Å². The van der Waals surface area contributed by atoms with Crippen molar-refractivity contribution in [1.29, 1.82) is 0 Å². The molecule has 0 saturated carbocycles. The van der Waals surface area contributed by atoms with Crippen LogP contribution in [0.3, 0.4) is 0 Å². The van der Waals surface area contributed by atoms with Crippen LogP contribution in [-0.4, -0.2) is 74.2 Å². The van der Waals surface area contributed by atoms with Crippen molar-refractivity contribution in [2.24, 2.45) is 0 Å². The molecule has 0 amide bonds. The Morgan fingerprint density at radius 2 is 0.972 bits per heavy atom. The molecule has 0 radical (unpaired) electrons. The highest BCUT2D eigenvalue weighted by Gasteiger charge is 2.19. The number of rotatable bonds is 22. The topological polar surface area (TPSA) is 59.1 Å². The fourth-order valence-electron chi connectivity index (χ4n) is 4.26. The van der Waals surface area contributed by atoms with Crippen molar-refractivity contribution >= 4 is 11.9 Å². The number of unbranched alkanes of at least 4 members (excludes halogenated alkanes) is 8. The Balaban J connectivity index is 2.45. The molecule has 36 heavy (non-hydrogen) atoms. The molecule has 0 aliphatic heterocycles. The van der Waals surface area contributed by atoms with Gasteiger partial charge in [-0.25, -0.2) is 9.59 Å². The second-order valence-corrected chi connectivity index (χ2v) is 9.51. The summed E-state index contributed by atoms with van der Waals surface area (Å²) in [5.41, 5.74) is 0.543. The lowest BCUT2D eigenvalue weighted by atomic mass is 10.1. The maximum absolute atomic E-state index is 12.7. The average molecular weight is 505 g/mol. The fraction of sp³-hybridized carbons (Fsp3) is 0.733. The Bertz CT molecular complexity index is 651. The van der Waals surface area contributed by atoms with E-state index in [0.717, 1.165) is 26.2 Å². The van der Waals surface area contributed by atoms with Crippen molar-refractivity contribution in [3.05, 3.63) is 35.4 Å². The summed E-state index contributed by atoms with van der Waals surface area (Å²) in [6.07, 6.45) is 12.5. The maximum atomic E-state index is 12.7. The van der Waals surface area contributed by atoms with Gasteiger partial charge in [0.1, 0.15) is 13.2 Å². The Kier molecular flexibility index (Phi) is 18.9. The van der Waals surface area contributed by atoms with Gasteiger partial charge in [-0.15, -0.1) is 0 Å². The van der Waals surface area contributed by atoms with E-state index in [2.05, 4.69) is 37.5 Å². The smallest absolute Gasteiger partial charge is 0.339 e. The summed E-state index contributed by atoms with van der Waals surface area (Å²) >= 11 is 0. The lowest BCUT2D eigenvalue weighted by Crippen LogP contribution is -2.30. The molecule has 0 saturated heterocycles. The summed E-state index contributed by atoms with van der Waals surface area (Å²) in [6, 6.07) is 6.77. The Morgan fingerprint density at radius 3 is 1.33 bits per heavy atom. The molecule has 0 spiro atoms. The van der Waals surface area contributed by atoms with Gasteiger partial charge in [0.2, 0.25) is 0 Å². The number of carbonyl (C=O) groups is 2. The molecule has 6 nitrogen and oxygen atoms in total. The van der Waals surface area contributed by atoms with Crippen molar-refractivity contribution < 1.29 is 19.1 Å². The first-order valence-electron chi connectivity index (χ1n) is 14.4. The van der Waals surface area contributed by atoms with Crippen LogP contribution in [0.15, 0.2) is 24.3 Å². The summed E-state index contributed by atoms with van der Waals surface area (Å²) in [4.78, 5) is 30.1. The number of hydrogen-bond donors (Lipinski definition) is 0. The fourth-order valence-corrected chi connectivity index (χ4v) is 4.26. The molecule has 0 aromatic heterocycles. The van der Waals surface area contributed by atoms with E-state index in [1.165, 1.54) is 64.2 Å². The predicted octanol–water partition coefficient (Wildman–Crippen LogP) is 6.58. The van der Waals surface area contributed by atoms with Gasteiger partial charge in [-0.2, -0.15) is 0 Å². The number of ether oxygens (including phenoxy) is 2. The molecule has 206 valence electrons. The number of carbonyl (C=O) groups excluding carboxylic acids is 2. The third-order valence-electron chi connectivity index (χ3n) is 6.70. The lowest BCUT2D eigenvalue weighted by molar-refractivity contribution is 0.0417. The highest BCUT2D eigenvalue weighted by Crippen LogP contribution is 2.13. The lowest BCUT2D eigenvalue weighted by Gasteiger charge is -2.20. The van der Waals surface area contributed by atoms with Crippen LogP contribution in [0.25, 0.3) is 0 Å². The first-order valence-corrected chi connectivity index (χ1v) is 14.4. The van der Waals surface area contributed by atoms with Gasteiger partial charge in [0, 0.05) is 13.1 Å². The number of nitrogens with zero attached hydrogens (tertiary/aromatic N) is 2. The second-order valence-electron chi connectivity index (χ2n) is 9.51. The van der Waals surface area contributed by atoms with Gasteiger partial charge in [0.05, 0.1) is 11.1 Å². The Labute approximate surface area is 220 Å². The van der Waals surface area contributed by atoms with E-state index in [0.29, 0.717) is 26.3 Å². The molecule has 1 rings (SSSR count). The average Bonchev–Trinajstić information content (AvgIpc) is 2.90. The maximum Gasteiger partial charge on any atom is 0.339 e. The third-order valence-corrected chi connectivity index (χ3v) is 6.70. The highest BCUT2D eigenvalue weighted by atomic mass is 16.5. The van der Waals surface area contributed by atoms with Crippen LogP contribution in [0.4, 0.5) is 0 Å². The SMILES string of the molecule is CCCCCCCN(CC)CCOC(=O)c1ccccc1C(=O)OCCN(CC)CCCCCCC. The summed E-state index contributed by atoms with van der Waals surface area (Å²) in [5, 5.41) is 0. The molecule has 0 N–H and O–H groups in total. The first-order chi connectivity index (χ1) is 17.6.